The normalized spacial score (nSPS) is 10.7. The molecule has 0 bridgehead atoms. The second-order valence-electron chi connectivity index (χ2n) is 4.22. The maximum absolute atomic E-state index is 13.2. The molecule has 0 aliphatic heterocycles. The first-order valence-corrected chi connectivity index (χ1v) is 6.94. The number of aromatic nitrogens is 3. The van der Waals surface area contributed by atoms with Crippen molar-refractivity contribution in [3.05, 3.63) is 52.1 Å². The first kappa shape index (κ1) is 13.0. The number of H-pyrrole nitrogens is 1. The number of nitrogen functional groups attached to an aromatic ring is 1. The molecule has 4 nitrogen and oxygen atoms in total. The van der Waals surface area contributed by atoms with Gasteiger partial charge in [-0.2, -0.15) is 5.10 Å². The van der Waals surface area contributed by atoms with Gasteiger partial charge in [-0.05, 0) is 58.5 Å². The molecule has 0 amide bonds. The quantitative estimate of drug-likeness (QED) is 0.670. The molecule has 0 atom stereocenters. The van der Waals surface area contributed by atoms with Crippen LogP contribution < -0.4 is 5.73 Å². The summed E-state index contributed by atoms with van der Waals surface area (Å²) in [4.78, 5) is 3.99. The minimum Gasteiger partial charge on any atom is -0.382 e. The Balaban J connectivity index is 2.21. The van der Waals surface area contributed by atoms with Crippen molar-refractivity contribution in [2.45, 2.75) is 0 Å². The number of halogens is 2. The zero-order valence-electron chi connectivity index (χ0n) is 10.3. The Bertz CT molecular complexity index is 755. The second-order valence-corrected chi connectivity index (χ2v) is 5.38. The van der Waals surface area contributed by atoms with Gasteiger partial charge in [0.25, 0.3) is 0 Å². The highest BCUT2D eigenvalue weighted by Gasteiger charge is 2.16. The molecule has 3 rings (SSSR count). The summed E-state index contributed by atoms with van der Waals surface area (Å²) in [5.74, 6) is 0.141. The first-order chi connectivity index (χ1) is 9.66. The molecule has 2 aromatic heterocycles. The third-order valence-electron chi connectivity index (χ3n) is 2.96. The van der Waals surface area contributed by atoms with Gasteiger partial charge in [0.2, 0.25) is 0 Å². The Morgan fingerprint density at radius 3 is 2.60 bits per heavy atom. The summed E-state index contributed by atoms with van der Waals surface area (Å²) in [5, 5.41) is 6.99. The lowest BCUT2D eigenvalue weighted by Gasteiger charge is -2.06. The van der Waals surface area contributed by atoms with E-state index >= 15 is 0 Å². The molecule has 3 N–H and O–H groups in total. The fourth-order valence-electron chi connectivity index (χ4n) is 2.05. The van der Waals surface area contributed by atoms with Gasteiger partial charge in [-0.1, -0.05) is 0 Å². The van der Waals surface area contributed by atoms with Gasteiger partial charge in [-0.25, -0.2) is 4.39 Å². The van der Waals surface area contributed by atoms with Crippen molar-refractivity contribution in [1.29, 1.82) is 0 Å². The number of nitrogens with zero attached hydrogens (tertiary/aromatic N) is 2. The van der Waals surface area contributed by atoms with Crippen LogP contribution in [0.2, 0.25) is 0 Å². The molecule has 0 spiro atoms. The van der Waals surface area contributed by atoms with Crippen LogP contribution in [0.15, 0.2) is 42.7 Å². The minimum absolute atomic E-state index is 0.268. The lowest BCUT2D eigenvalue weighted by Crippen LogP contribution is -1.90. The Morgan fingerprint density at radius 2 is 1.90 bits per heavy atom. The Hall–Kier alpha value is -1.96. The molecule has 1 aromatic carbocycles. The third kappa shape index (κ3) is 2.26. The van der Waals surface area contributed by atoms with Crippen molar-refractivity contribution in [1.82, 2.24) is 15.2 Å². The van der Waals surface area contributed by atoms with E-state index in [1.165, 1.54) is 12.1 Å². The Kier molecular flexibility index (Phi) is 3.39. The average Bonchev–Trinajstić information content (AvgIpc) is 2.81. The molecular formula is C14H10FIN4. The van der Waals surface area contributed by atoms with Crippen molar-refractivity contribution in [3.8, 4) is 22.4 Å². The minimum atomic E-state index is -0.268. The standard InChI is InChI=1S/C14H10FIN4/c15-9-1-2-10(11(16)7-9)13-12(14(17)20-19-13)8-3-5-18-6-4-8/h1-7H,(H3,17,19,20). The van der Waals surface area contributed by atoms with Gasteiger partial charge in [0.05, 0.1) is 11.3 Å². The van der Waals surface area contributed by atoms with Crippen LogP contribution in [0.25, 0.3) is 22.4 Å². The lowest BCUT2D eigenvalue weighted by atomic mass is 10.0. The van der Waals surface area contributed by atoms with Gasteiger partial charge < -0.3 is 5.73 Å². The highest BCUT2D eigenvalue weighted by atomic mass is 127. The van der Waals surface area contributed by atoms with Crippen LogP contribution in [0, 0.1) is 9.39 Å². The van der Waals surface area contributed by atoms with Crippen molar-refractivity contribution >= 4 is 28.4 Å². The van der Waals surface area contributed by atoms with E-state index in [0.29, 0.717) is 5.82 Å². The topological polar surface area (TPSA) is 67.6 Å². The van der Waals surface area contributed by atoms with Crippen LogP contribution >= 0.6 is 22.6 Å². The third-order valence-corrected chi connectivity index (χ3v) is 3.86. The number of aromatic amines is 1. The molecule has 3 aromatic rings. The van der Waals surface area contributed by atoms with Crippen LogP contribution in [0.3, 0.4) is 0 Å². The lowest BCUT2D eigenvalue weighted by molar-refractivity contribution is 0.627. The molecule has 0 fully saturated rings. The molecule has 100 valence electrons. The Labute approximate surface area is 128 Å². The number of benzene rings is 1. The fourth-order valence-corrected chi connectivity index (χ4v) is 2.80. The monoisotopic (exact) mass is 380 g/mol. The summed E-state index contributed by atoms with van der Waals surface area (Å²) in [6.07, 6.45) is 3.39. The molecule has 0 saturated heterocycles. The van der Waals surface area contributed by atoms with Gasteiger partial charge >= 0.3 is 0 Å². The number of nitrogens with one attached hydrogen (secondary N) is 1. The molecule has 0 unspecified atom stereocenters. The highest BCUT2D eigenvalue weighted by Crippen LogP contribution is 2.36. The van der Waals surface area contributed by atoms with Crippen molar-refractivity contribution in [2.24, 2.45) is 0 Å². The van der Waals surface area contributed by atoms with Crippen molar-refractivity contribution < 1.29 is 4.39 Å². The van der Waals surface area contributed by atoms with Crippen LogP contribution in [-0.4, -0.2) is 15.2 Å². The van der Waals surface area contributed by atoms with E-state index in [2.05, 4.69) is 37.8 Å². The summed E-state index contributed by atoms with van der Waals surface area (Å²) >= 11 is 2.09. The molecule has 0 aliphatic carbocycles. The predicted octanol–water partition coefficient (Wildman–Crippen LogP) is 3.46. The highest BCUT2D eigenvalue weighted by molar-refractivity contribution is 14.1. The number of rotatable bonds is 2. The molecule has 6 heteroatoms. The number of anilines is 1. The number of nitrogens with two attached hydrogens (primary N) is 1. The summed E-state index contributed by atoms with van der Waals surface area (Å²) in [5.41, 5.74) is 9.31. The summed E-state index contributed by atoms with van der Waals surface area (Å²) in [6, 6.07) is 8.34. The first-order valence-electron chi connectivity index (χ1n) is 5.86. The zero-order valence-corrected chi connectivity index (χ0v) is 12.4. The summed E-state index contributed by atoms with van der Waals surface area (Å²) in [6.45, 7) is 0. The smallest absolute Gasteiger partial charge is 0.153 e. The summed E-state index contributed by atoms with van der Waals surface area (Å²) in [7, 11) is 0. The van der Waals surface area contributed by atoms with Crippen LogP contribution in [-0.2, 0) is 0 Å². The van der Waals surface area contributed by atoms with Gasteiger partial charge in [0, 0.05) is 21.5 Å². The van der Waals surface area contributed by atoms with E-state index in [1.54, 1.807) is 18.5 Å². The van der Waals surface area contributed by atoms with Gasteiger partial charge in [0.1, 0.15) is 5.82 Å². The second kappa shape index (κ2) is 5.20. The average molecular weight is 380 g/mol. The van der Waals surface area contributed by atoms with Crippen molar-refractivity contribution in [3.63, 3.8) is 0 Å². The van der Waals surface area contributed by atoms with Gasteiger partial charge in [-0.15, -0.1) is 0 Å². The number of hydrogen-bond donors (Lipinski definition) is 2. The van der Waals surface area contributed by atoms with Crippen LogP contribution in [0.5, 0.6) is 0 Å². The van der Waals surface area contributed by atoms with E-state index in [1.807, 2.05) is 12.1 Å². The number of hydrogen-bond acceptors (Lipinski definition) is 3. The maximum atomic E-state index is 13.2. The van der Waals surface area contributed by atoms with E-state index in [4.69, 9.17) is 5.73 Å². The van der Waals surface area contributed by atoms with E-state index in [9.17, 15) is 4.39 Å². The van der Waals surface area contributed by atoms with Gasteiger partial charge in [-0.3, -0.25) is 10.1 Å². The number of pyridine rings is 1. The molecule has 0 radical (unpaired) electrons. The largest absolute Gasteiger partial charge is 0.382 e. The molecule has 2 heterocycles. The van der Waals surface area contributed by atoms with Crippen LogP contribution in [0.4, 0.5) is 10.2 Å². The van der Waals surface area contributed by atoms with E-state index < -0.39 is 0 Å². The maximum Gasteiger partial charge on any atom is 0.153 e. The molecule has 0 saturated carbocycles. The van der Waals surface area contributed by atoms with Crippen molar-refractivity contribution in [2.75, 3.05) is 5.73 Å². The predicted molar refractivity (Wildman–Crippen MR) is 84.3 cm³/mol. The SMILES string of the molecule is Nc1n[nH]c(-c2ccc(F)cc2I)c1-c1ccncc1. The van der Waals surface area contributed by atoms with Crippen LogP contribution in [0.1, 0.15) is 0 Å². The molecule has 20 heavy (non-hydrogen) atoms. The van der Waals surface area contributed by atoms with E-state index in [0.717, 1.165) is 26.0 Å². The summed E-state index contributed by atoms with van der Waals surface area (Å²) < 4.78 is 14.0. The Morgan fingerprint density at radius 1 is 1.15 bits per heavy atom. The molecule has 0 aliphatic rings. The van der Waals surface area contributed by atoms with E-state index in [-0.39, 0.29) is 5.82 Å². The molecular weight excluding hydrogens is 370 g/mol. The van der Waals surface area contributed by atoms with Gasteiger partial charge in [0.15, 0.2) is 5.82 Å². The fraction of sp³-hybridized carbons (Fsp3) is 0. The zero-order chi connectivity index (χ0) is 14.1.